The van der Waals surface area contributed by atoms with E-state index in [1.807, 2.05) is 14.1 Å². The van der Waals surface area contributed by atoms with Crippen LogP contribution in [-0.4, -0.2) is 73.7 Å². The molecule has 202 valence electrons. The molecule has 2 aromatic carbocycles. The first kappa shape index (κ1) is 28.6. The second-order valence-corrected chi connectivity index (χ2v) is 11.4. The van der Waals surface area contributed by atoms with E-state index in [1.54, 1.807) is 35.2 Å². The van der Waals surface area contributed by atoms with Crippen molar-refractivity contribution in [1.29, 1.82) is 0 Å². The second-order valence-electron chi connectivity index (χ2n) is 9.56. The van der Waals surface area contributed by atoms with Crippen molar-refractivity contribution < 1.29 is 28.0 Å². The molecule has 1 aliphatic rings. The van der Waals surface area contributed by atoms with Gasteiger partial charge in [-0.15, -0.1) is 5.17 Å². The molecule has 11 heteroatoms. The molecule has 1 aliphatic carbocycles. The zero-order chi connectivity index (χ0) is 27.0. The first-order valence-electron chi connectivity index (χ1n) is 12.3. The first-order chi connectivity index (χ1) is 17.6. The molecule has 0 aliphatic heterocycles. The number of hydrogen-bond acceptors (Lipinski definition) is 7. The van der Waals surface area contributed by atoms with Gasteiger partial charge in [0.2, 0.25) is 5.91 Å². The van der Waals surface area contributed by atoms with E-state index in [9.17, 15) is 23.2 Å². The summed E-state index contributed by atoms with van der Waals surface area (Å²) in [5, 5.41) is 14.1. The van der Waals surface area contributed by atoms with Gasteiger partial charge in [-0.1, -0.05) is 34.7 Å². The highest BCUT2D eigenvalue weighted by Gasteiger charge is 2.34. The number of hydroxylamine groups is 1. The molecule has 0 saturated heterocycles. The van der Waals surface area contributed by atoms with E-state index in [2.05, 4.69) is 5.32 Å². The Labute approximate surface area is 218 Å². The number of hydrogen-bond donors (Lipinski definition) is 2. The Morgan fingerprint density at radius 2 is 1.62 bits per heavy atom. The normalized spacial score (nSPS) is 18.0. The fraction of sp³-hybridized carbons (Fsp3) is 0.462. The maximum atomic E-state index is 13.5. The van der Waals surface area contributed by atoms with Crippen LogP contribution in [0.5, 0.6) is 5.75 Å². The topological polar surface area (TPSA) is 119 Å². The molecule has 0 unspecified atom stereocenters. The molecule has 0 bridgehead atoms. The van der Waals surface area contributed by atoms with Gasteiger partial charge in [0.25, 0.3) is 15.9 Å². The number of methoxy groups -OCH3 is 1. The van der Waals surface area contributed by atoms with Crippen molar-refractivity contribution in [1.82, 2.24) is 19.8 Å². The SMILES string of the molecule is COc1ccc(S(=O)(=O)N(Cc2ccccc2)N(O)C(=O)CC2CCC(NC(=O)CN(C)C)CC2)cc1. The third kappa shape index (κ3) is 8.00. The van der Waals surface area contributed by atoms with Gasteiger partial charge in [0.1, 0.15) is 5.75 Å². The standard InChI is InChI=1S/C26H36N4O6S/c1-28(2)19-25(31)27-22-11-9-20(10-12-22)17-26(32)30(33)29(18-21-7-5-4-6-8-21)37(34,35)24-15-13-23(36-3)14-16-24/h4-8,13-16,20,22,33H,9-12,17-19H2,1-3H3,(H,27,31). The van der Waals surface area contributed by atoms with E-state index in [0.717, 1.165) is 12.8 Å². The van der Waals surface area contributed by atoms with Crippen molar-refractivity contribution in [2.75, 3.05) is 27.7 Å². The molecule has 0 atom stereocenters. The van der Waals surface area contributed by atoms with Gasteiger partial charge in [0.15, 0.2) is 0 Å². The summed E-state index contributed by atoms with van der Waals surface area (Å²) in [5.74, 6) is -0.273. The molecule has 2 N–H and O–H groups in total. The van der Waals surface area contributed by atoms with Gasteiger partial charge in [-0.2, -0.15) is 0 Å². The van der Waals surface area contributed by atoms with Crippen molar-refractivity contribution in [2.45, 2.75) is 49.6 Å². The maximum absolute atomic E-state index is 13.5. The zero-order valence-electron chi connectivity index (χ0n) is 21.5. The number of sulfonamides is 1. The Balaban J connectivity index is 1.69. The van der Waals surface area contributed by atoms with Crippen molar-refractivity contribution in [2.24, 2.45) is 5.92 Å². The summed E-state index contributed by atoms with van der Waals surface area (Å²) in [5.41, 5.74) is 0.611. The summed E-state index contributed by atoms with van der Waals surface area (Å²) in [4.78, 5) is 26.8. The molecular formula is C26H36N4O6S. The van der Waals surface area contributed by atoms with Crippen molar-refractivity contribution in [3.8, 4) is 5.75 Å². The number of likely N-dealkylation sites (N-methyl/N-ethyl adjacent to an activating group) is 1. The van der Waals surface area contributed by atoms with Gasteiger partial charge in [-0.3, -0.25) is 14.8 Å². The molecule has 0 heterocycles. The highest BCUT2D eigenvalue weighted by molar-refractivity contribution is 7.89. The van der Waals surface area contributed by atoms with Crippen LogP contribution in [-0.2, 0) is 26.2 Å². The van der Waals surface area contributed by atoms with Crippen molar-refractivity contribution in [3.63, 3.8) is 0 Å². The van der Waals surface area contributed by atoms with Crippen molar-refractivity contribution in [3.05, 3.63) is 60.2 Å². The summed E-state index contributed by atoms with van der Waals surface area (Å²) in [7, 11) is 0.881. The minimum atomic E-state index is -4.26. The molecule has 37 heavy (non-hydrogen) atoms. The van der Waals surface area contributed by atoms with Crippen LogP contribution in [0.25, 0.3) is 0 Å². The van der Waals surface area contributed by atoms with Crippen LogP contribution in [0.2, 0.25) is 0 Å². The van der Waals surface area contributed by atoms with Crippen LogP contribution in [0.3, 0.4) is 0 Å². The van der Waals surface area contributed by atoms with Crippen LogP contribution >= 0.6 is 0 Å². The summed E-state index contributed by atoms with van der Waals surface area (Å²) in [6.07, 6.45) is 2.83. The number of amides is 2. The van der Waals surface area contributed by atoms with Gasteiger partial charge in [-0.05, 0) is 75.5 Å². The van der Waals surface area contributed by atoms with Crippen LogP contribution < -0.4 is 10.1 Å². The number of nitrogens with one attached hydrogen (secondary N) is 1. The van der Waals surface area contributed by atoms with Gasteiger partial charge in [0.05, 0.1) is 25.1 Å². The number of carbonyl (C=O) groups excluding carboxylic acids is 2. The number of ether oxygens (including phenoxy) is 1. The molecule has 2 aromatic rings. The van der Waals surface area contributed by atoms with Crippen LogP contribution in [0.1, 0.15) is 37.7 Å². The summed E-state index contributed by atoms with van der Waals surface area (Å²) < 4.78 is 32.8. The van der Waals surface area contributed by atoms with Gasteiger partial charge < -0.3 is 15.0 Å². The monoisotopic (exact) mass is 532 g/mol. The number of benzene rings is 2. The molecule has 10 nitrogen and oxygen atoms in total. The Morgan fingerprint density at radius 1 is 1.00 bits per heavy atom. The minimum absolute atomic E-state index is 0.00170. The average Bonchev–Trinajstić information content (AvgIpc) is 2.88. The lowest BCUT2D eigenvalue weighted by Gasteiger charge is -2.32. The number of rotatable bonds is 11. The number of carbonyl (C=O) groups is 2. The Morgan fingerprint density at radius 3 is 2.19 bits per heavy atom. The minimum Gasteiger partial charge on any atom is -0.497 e. The van der Waals surface area contributed by atoms with E-state index >= 15 is 0 Å². The largest absolute Gasteiger partial charge is 0.497 e. The van der Waals surface area contributed by atoms with Crippen LogP contribution in [0, 0.1) is 5.92 Å². The molecule has 1 fully saturated rings. The van der Waals surface area contributed by atoms with Crippen molar-refractivity contribution >= 4 is 21.8 Å². The molecule has 0 aromatic heterocycles. The lowest BCUT2D eigenvalue weighted by atomic mass is 9.84. The van der Waals surface area contributed by atoms with Gasteiger partial charge in [-0.25, -0.2) is 8.42 Å². The predicted octanol–water partition coefficient (Wildman–Crippen LogP) is 2.65. The van der Waals surface area contributed by atoms with Crippen LogP contribution in [0.15, 0.2) is 59.5 Å². The Hall–Kier alpha value is -2.99. The lowest BCUT2D eigenvalue weighted by Crippen LogP contribution is -2.48. The maximum Gasteiger partial charge on any atom is 0.262 e. The van der Waals surface area contributed by atoms with E-state index < -0.39 is 15.9 Å². The summed E-state index contributed by atoms with van der Waals surface area (Å²) in [6, 6.07) is 14.6. The molecular weight excluding hydrogens is 496 g/mol. The summed E-state index contributed by atoms with van der Waals surface area (Å²) in [6.45, 7) is 0.0971. The Kier molecular flexibility index (Phi) is 10.0. The highest BCUT2D eigenvalue weighted by Crippen LogP contribution is 2.29. The zero-order valence-corrected chi connectivity index (χ0v) is 22.4. The lowest BCUT2D eigenvalue weighted by molar-refractivity contribution is -0.214. The molecule has 0 radical (unpaired) electrons. The third-order valence-corrected chi connectivity index (χ3v) is 8.07. The molecule has 0 spiro atoms. The van der Waals surface area contributed by atoms with E-state index in [4.69, 9.17) is 4.74 Å². The first-order valence-corrected chi connectivity index (χ1v) is 13.7. The second kappa shape index (κ2) is 13.0. The molecule has 1 saturated carbocycles. The average molecular weight is 533 g/mol. The van der Waals surface area contributed by atoms with E-state index in [0.29, 0.717) is 35.1 Å². The van der Waals surface area contributed by atoms with E-state index in [1.165, 1.54) is 31.4 Å². The van der Waals surface area contributed by atoms with E-state index in [-0.39, 0.29) is 40.9 Å². The molecule has 3 rings (SSSR count). The number of hydrazine groups is 1. The van der Waals surface area contributed by atoms with Gasteiger partial charge in [0, 0.05) is 12.5 Å². The van der Waals surface area contributed by atoms with Crippen LogP contribution in [0.4, 0.5) is 0 Å². The molecule has 2 amide bonds. The smallest absolute Gasteiger partial charge is 0.262 e. The number of nitrogens with zero attached hydrogens (tertiary/aromatic N) is 3. The fourth-order valence-electron chi connectivity index (χ4n) is 4.39. The quantitative estimate of drug-likeness (QED) is 0.337. The summed E-state index contributed by atoms with van der Waals surface area (Å²) >= 11 is 0. The fourth-order valence-corrected chi connectivity index (χ4v) is 5.72. The highest BCUT2D eigenvalue weighted by atomic mass is 32.2. The predicted molar refractivity (Wildman–Crippen MR) is 138 cm³/mol. The van der Waals surface area contributed by atoms with Gasteiger partial charge >= 0.3 is 0 Å². The third-order valence-electron chi connectivity index (χ3n) is 6.36. The Bertz CT molecular complexity index is 1130.